The molecular formula is C24H24N4O3. The molecule has 2 aromatic heterocycles. The summed E-state index contributed by atoms with van der Waals surface area (Å²) in [6.45, 7) is 5.85. The number of nitrogens with zero attached hydrogens (tertiary/aromatic N) is 3. The van der Waals surface area contributed by atoms with Gasteiger partial charge in [-0.05, 0) is 50.6 Å². The molecule has 2 aromatic carbocycles. The van der Waals surface area contributed by atoms with Crippen LogP contribution in [-0.2, 0) is 11.3 Å². The van der Waals surface area contributed by atoms with Crippen LogP contribution in [0.5, 0.6) is 5.75 Å². The van der Waals surface area contributed by atoms with E-state index in [1.807, 2.05) is 81.4 Å². The number of rotatable bonds is 5. The molecule has 0 spiro atoms. The van der Waals surface area contributed by atoms with Gasteiger partial charge in [-0.3, -0.25) is 4.98 Å². The van der Waals surface area contributed by atoms with Gasteiger partial charge in [0.1, 0.15) is 18.0 Å². The predicted molar refractivity (Wildman–Crippen MR) is 120 cm³/mol. The number of nitrogens with one attached hydrogen (secondary N) is 1. The van der Waals surface area contributed by atoms with Gasteiger partial charge in [-0.15, -0.1) is 5.10 Å². The molecule has 0 radical (unpaired) electrons. The lowest BCUT2D eigenvalue weighted by Crippen LogP contribution is -2.27. The van der Waals surface area contributed by atoms with Crippen LogP contribution in [0, 0.1) is 0 Å². The van der Waals surface area contributed by atoms with Crippen LogP contribution in [0.15, 0.2) is 73.1 Å². The van der Waals surface area contributed by atoms with Crippen LogP contribution in [0.4, 0.5) is 16.3 Å². The topological polar surface area (TPSA) is 78.3 Å². The largest absolute Gasteiger partial charge is 0.488 e. The fraction of sp³-hybridized carbons (Fsp3) is 0.208. The summed E-state index contributed by atoms with van der Waals surface area (Å²) in [6, 6.07) is 19.1. The van der Waals surface area contributed by atoms with Crippen molar-refractivity contribution < 1.29 is 14.3 Å². The number of pyridine rings is 1. The van der Waals surface area contributed by atoms with Gasteiger partial charge < -0.3 is 14.8 Å². The SMILES string of the molecule is CC(C)(C)OC(=O)n1nc(Nc2cccnc2)c2c(OCc3ccccc3)cccc21. The Morgan fingerprint density at radius 2 is 1.84 bits per heavy atom. The number of carbonyl (C=O) groups is 1. The highest BCUT2D eigenvalue weighted by Crippen LogP contribution is 2.34. The molecule has 0 unspecified atom stereocenters. The van der Waals surface area contributed by atoms with Gasteiger partial charge in [0.2, 0.25) is 0 Å². The van der Waals surface area contributed by atoms with E-state index in [0.717, 1.165) is 11.3 Å². The van der Waals surface area contributed by atoms with Crippen molar-refractivity contribution in [1.29, 1.82) is 0 Å². The Morgan fingerprint density at radius 3 is 2.55 bits per heavy atom. The van der Waals surface area contributed by atoms with E-state index in [-0.39, 0.29) is 0 Å². The Balaban J connectivity index is 1.76. The van der Waals surface area contributed by atoms with E-state index in [0.29, 0.717) is 29.1 Å². The smallest absolute Gasteiger partial charge is 0.435 e. The van der Waals surface area contributed by atoms with Crippen molar-refractivity contribution in [2.24, 2.45) is 0 Å². The molecule has 0 aliphatic heterocycles. The minimum atomic E-state index is -0.645. The zero-order chi connectivity index (χ0) is 21.8. The van der Waals surface area contributed by atoms with E-state index in [1.54, 1.807) is 12.4 Å². The minimum absolute atomic E-state index is 0.393. The maximum atomic E-state index is 12.8. The Bertz CT molecular complexity index is 1180. The second-order valence-corrected chi connectivity index (χ2v) is 8.03. The van der Waals surface area contributed by atoms with Crippen LogP contribution in [-0.4, -0.2) is 26.5 Å². The second-order valence-electron chi connectivity index (χ2n) is 8.03. The van der Waals surface area contributed by atoms with Crippen LogP contribution >= 0.6 is 0 Å². The molecule has 0 fully saturated rings. The number of ether oxygens (including phenoxy) is 2. The summed E-state index contributed by atoms with van der Waals surface area (Å²) in [5.41, 5.74) is 1.73. The van der Waals surface area contributed by atoms with Gasteiger partial charge in [0.15, 0.2) is 5.82 Å². The van der Waals surface area contributed by atoms with Gasteiger partial charge in [-0.2, -0.15) is 4.68 Å². The first-order valence-corrected chi connectivity index (χ1v) is 9.99. The maximum Gasteiger partial charge on any atom is 0.435 e. The third-order valence-electron chi connectivity index (χ3n) is 4.40. The van der Waals surface area contributed by atoms with E-state index < -0.39 is 11.7 Å². The number of hydrogen-bond acceptors (Lipinski definition) is 6. The molecule has 0 aliphatic rings. The lowest BCUT2D eigenvalue weighted by molar-refractivity contribution is 0.0523. The molecule has 0 atom stereocenters. The molecule has 0 aliphatic carbocycles. The number of carbonyl (C=O) groups excluding carboxylic acids is 1. The maximum absolute atomic E-state index is 12.8. The number of anilines is 2. The van der Waals surface area contributed by atoms with Crippen molar-refractivity contribution >= 4 is 28.5 Å². The number of aromatic nitrogens is 3. The summed E-state index contributed by atoms with van der Waals surface area (Å²) < 4.78 is 12.9. The summed E-state index contributed by atoms with van der Waals surface area (Å²) in [4.78, 5) is 17.0. The first kappa shape index (κ1) is 20.4. The molecule has 7 heteroatoms. The normalized spacial score (nSPS) is 11.3. The van der Waals surface area contributed by atoms with Crippen LogP contribution in [0.25, 0.3) is 10.9 Å². The van der Waals surface area contributed by atoms with Gasteiger partial charge in [-0.25, -0.2) is 4.79 Å². The average Bonchev–Trinajstić information content (AvgIpc) is 3.12. The summed E-state index contributed by atoms with van der Waals surface area (Å²) in [7, 11) is 0. The first-order chi connectivity index (χ1) is 14.9. The number of hydrogen-bond donors (Lipinski definition) is 1. The quantitative estimate of drug-likeness (QED) is 0.460. The van der Waals surface area contributed by atoms with E-state index in [9.17, 15) is 4.79 Å². The zero-order valence-corrected chi connectivity index (χ0v) is 17.7. The molecule has 0 saturated heterocycles. The van der Waals surface area contributed by atoms with E-state index in [1.165, 1.54) is 4.68 Å². The molecule has 158 valence electrons. The second kappa shape index (κ2) is 8.47. The molecule has 0 saturated carbocycles. The third-order valence-corrected chi connectivity index (χ3v) is 4.40. The van der Waals surface area contributed by atoms with Crippen LogP contribution in [0.1, 0.15) is 26.3 Å². The summed E-state index contributed by atoms with van der Waals surface area (Å²) >= 11 is 0. The van der Waals surface area contributed by atoms with Crippen molar-refractivity contribution in [3.05, 3.63) is 78.6 Å². The average molecular weight is 416 g/mol. The van der Waals surface area contributed by atoms with E-state index in [2.05, 4.69) is 15.4 Å². The number of fused-ring (bicyclic) bond motifs is 1. The number of benzene rings is 2. The zero-order valence-electron chi connectivity index (χ0n) is 17.7. The highest BCUT2D eigenvalue weighted by atomic mass is 16.6. The van der Waals surface area contributed by atoms with E-state index >= 15 is 0 Å². The molecule has 7 nitrogen and oxygen atoms in total. The lowest BCUT2D eigenvalue weighted by atomic mass is 10.2. The van der Waals surface area contributed by atoms with Gasteiger partial charge in [0.05, 0.1) is 22.8 Å². The third kappa shape index (κ3) is 4.83. The summed E-state index contributed by atoms with van der Waals surface area (Å²) in [5.74, 6) is 1.10. The Morgan fingerprint density at radius 1 is 1.03 bits per heavy atom. The monoisotopic (exact) mass is 416 g/mol. The minimum Gasteiger partial charge on any atom is -0.488 e. The van der Waals surface area contributed by atoms with Crippen molar-refractivity contribution in [3.8, 4) is 5.75 Å². The Labute approximate surface area is 180 Å². The molecule has 0 bridgehead atoms. The molecule has 0 amide bonds. The van der Waals surface area contributed by atoms with Crippen LogP contribution in [0.2, 0.25) is 0 Å². The lowest BCUT2D eigenvalue weighted by Gasteiger charge is -2.19. The predicted octanol–water partition coefficient (Wildman–Crippen LogP) is 5.54. The van der Waals surface area contributed by atoms with E-state index in [4.69, 9.17) is 9.47 Å². The van der Waals surface area contributed by atoms with Gasteiger partial charge in [0.25, 0.3) is 0 Å². The highest BCUT2D eigenvalue weighted by molar-refractivity contribution is 6.00. The van der Waals surface area contributed by atoms with Crippen molar-refractivity contribution in [1.82, 2.24) is 14.8 Å². The van der Waals surface area contributed by atoms with Gasteiger partial charge in [-0.1, -0.05) is 36.4 Å². The Kier molecular flexibility index (Phi) is 5.58. The molecule has 4 aromatic rings. The van der Waals surface area contributed by atoms with Crippen molar-refractivity contribution in [2.75, 3.05) is 5.32 Å². The fourth-order valence-corrected chi connectivity index (χ4v) is 3.10. The highest BCUT2D eigenvalue weighted by Gasteiger charge is 2.24. The van der Waals surface area contributed by atoms with Gasteiger partial charge >= 0.3 is 6.09 Å². The fourth-order valence-electron chi connectivity index (χ4n) is 3.10. The molecule has 2 heterocycles. The molecule has 4 rings (SSSR count). The summed E-state index contributed by atoms with van der Waals surface area (Å²) in [5, 5.41) is 8.44. The van der Waals surface area contributed by atoms with Gasteiger partial charge in [0, 0.05) is 6.20 Å². The Hall–Kier alpha value is -3.87. The molecule has 31 heavy (non-hydrogen) atoms. The van der Waals surface area contributed by atoms with Crippen molar-refractivity contribution in [2.45, 2.75) is 33.0 Å². The van der Waals surface area contributed by atoms with Crippen molar-refractivity contribution in [3.63, 3.8) is 0 Å². The van der Waals surface area contributed by atoms with Crippen LogP contribution < -0.4 is 10.1 Å². The molecular weight excluding hydrogens is 392 g/mol. The summed E-state index contributed by atoms with van der Waals surface area (Å²) in [6.07, 6.45) is 2.82. The molecule has 1 N–H and O–H groups in total. The van der Waals surface area contributed by atoms with Crippen LogP contribution in [0.3, 0.4) is 0 Å². The first-order valence-electron chi connectivity index (χ1n) is 9.99. The standard InChI is InChI=1S/C24H24N4O3/c1-24(2,3)31-23(29)28-19-12-7-13-20(30-16-17-9-5-4-6-10-17)21(19)22(27-28)26-18-11-8-14-25-15-18/h4-15H,16H2,1-3H3,(H,26,27).